The monoisotopic (exact) mass is 385 g/mol. The van der Waals surface area contributed by atoms with Crippen molar-refractivity contribution in [1.82, 2.24) is 25.0 Å². The van der Waals surface area contributed by atoms with E-state index in [1.165, 1.54) is 12.8 Å². The molecule has 0 radical (unpaired) electrons. The molecule has 3 aromatic rings. The van der Waals surface area contributed by atoms with Crippen LogP contribution in [-0.2, 0) is 0 Å². The largest absolute Gasteiger partial charge is 0.337 e. The van der Waals surface area contributed by atoms with E-state index in [0.29, 0.717) is 17.5 Å². The summed E-state index contributed by atoms with van der Waals surface area (Å²) < 4.78 is 6.64. The third-order valence-electron chi connectivity index (χ3n) is 4.13. The molecule has 24 heavy (non-hydrogen) atoms. The maximum Gasteiger partial charge on any atom is 0.249 e. The highest BCUT2D eigenvalue weighted by Crippen LogP contribution is 2.32. The van der Waals surface area contributed by atoms with Crippen molar-refractivity contribution in [2.45, 2.75) is 18.9 Å². The first-order chi connectivity index (χ1) is 11.8. The van der Waals surface area contributed by atoms with Gasteiger partial charge in [0.2, 0.25) is 17.5 Å². The summed E-state index contributed by atoms with van der Waals surface area (Å²) in [5.41, 5.74) is 1.14. The van der Waals surface area contributed by atoms with E-state index in [2.05, 4.69) is 53.1 Å². The first kappa shape index (κ1) is 15.4. The molecule has 0 N–H and O–H groups in total. The molecule has 4 rings (SSSR count). The molecule has 1 aliphatic heterocycles. The summed E-state index contributed by atoms with van der Waals surface area (Å²) in [5.74, 6) is 1.48. The third-order valence-corrected chi connectivity index (χ3v) is 4.66. The topological polar surface area (TPSA) is 67.9 Å². The highest BCUT2D eigenvalue weighted by molar-refractivity contribution is 9.10. The van der Waals surface area contributed by atoms with E-state index in [1.54, 1.807) is 18.5 Å². The van der Waals surface area contributed by atoms with Gasteiger partial charge < -0.3 is 4.52 Å². The van der Waals surface area contributed by atoms with E-state index >= 15 is 0 Å². The van der Waals surface area contributed by atoms with Crippen LogP contribution in [0.2, 0.25) is 0 Å². The molecule has 0 spiro atoms. The second-order valence-electron chi connectivity index (χ2n) is 5.73. The smallest absolute Gasteiger partial charge is 0.249 e. The van der Waals surface area contributed by atoms with Crippen molar-refractivity contribution >= 4 is 15.9 Å². The number of aromatic nitrogens is 4. The zero-order valence-corrected chi connectivity index (χ0v) is 14.6. The Labute approximate surface area is 148 Å². The molecule has 7 heteroatoms. The lowest BCUT2D eigenvalue weighted by Gasteiger charge is -2.24. The number of hydrogen-bond acceptors (Lipinski definition) is 6. The van der Waals surface area contributed by atoms with Crippen LogP contribution in [0.25, 0.3) is 11.6 Å². The molecule has 1 aromatic carbocycles. The summed E-state index contributed by atoms with van der Waals surface area (Å²) >= 11 is 3.49. The maximum absolute atomic E-state index is 5.58. The molecule has 1 atom stereocenters. The van der Waals surface area contributed by atoms with E-state index in [0.717, 1.165) is 23.1 Å². The highest BCUT2D eigenvalue weighted by atomic mass is 79.9. The van der Waals surface area contributed by atoms with Crippen LogP contribution in [-0.4, -0.2) is 38.1 Å². The minimum Gasteiger partial charge on any atom is -0.337 e. The minimum absolute atomic E-state index is 0.0365. The Balaban J connectivity index is 1.71. The van der Waals surface area contributed by atoms with Gasteiger partial charge in [0.1, 0.15) is 6.04 Å². The molecule has 1 unspecified atom stereocenters. The lowest BCUT2D eigenvalue weighted by molar-refractivity contribution is 0.225. The van der Waals surface area contributed by atoms with Gasteiger partial charge in [-0.15, -0.1) is 0 Å². The Morgan fingerprint density at radius 3 is 2.42 bits per heavy atom. The predicted octanol–water partition coefficient (Wildman–Crippen LogP) is 3.47. The van der Waals surface area contributed by atoms with Crippen molar-refractivity contribution in [3.8, 4) is 11.6 Å². The van der Waals surface area contributed by atoms with Gasteiger partial charge in [0.05, 0.1) is 0 Å². The Bertz CT molecular complexity index is 799. The van der Waals surface area contributed by atoms with Crippen LogP contribution in [0.4, 0.5) is 0 Å². The SMILES string of the molecule is Brc1ccc(C(c2nc(-c3ncccn3)no2)N2CCCC2)cc1. The summed E-state index contributed by atoms with van der Waals surface area (Å²) in [6.45, 7) is 2.06. The van der Waals surface area contributed by atoms with Gasteiger partial charge in [-0.3, -0.25) is 4.90 Å². The van der Waals surface area contributed by atoms with Crippen LogP contribution in [0.5, 0.6) is 0 Å². The fourth-order valence-corrected chi connectivity index (χ4v) is 3.27. The van der Waals surface area contributed by atoms with Crippen LogP contribution in [0.3, 0.4) is 0 Å². The fraction of sp³-hybridized carbons (Fsp3) is 0.294. The van der Waals surface area contributed by atoms with E-state index in [9.17, 15) is 0 Å². The number of hydrogen-bond donors (Lipinski definition) is 0. The third kappa shape index (κ3) is 3.09. The van der Waals surface area contributed by atoms with Crippen molar-refractivity contribution in [3.05, 3.63) is 58.7 Å². The van der Waals surface area contributed by atoms with Crippen LogP contribution < -0.4 is 0 Å². The molecule has 2 aromatic heterocycles. The summed E-state index contributed by atoms with van der Waals surface area (Å²) in [4.78, 5) is 15.3. The number of halogens is 1. The summed E-state index contributed by atoms with van der Waals surface area (Å²) in [5, 5.41) is 4.07. The second kappa shape index (κ2) is 6.78. The molecule has 1 fully saturated rings. The molecule has 3 heterocycles. The van der Waals surface area contributed by atoms with E-state index < -0.39 is 0 Å². The summed E-state index contributed by atoms with van der Waals surface area (Å²) in [6.07, 6.45) is 5.72. The molecule has 0 bridgehead atoms. The molecule has 1 aliphatic rings. The van der Waals surface area contributed by atoms with Crippen LogP contribution >= 0.6 is 15.9 Å². The van der Waals surface area contributed by atoms with Gasteiger partial charge >= 0.3 is 0 Å². The lowest BCUT2D eigenvalue weighted by Crippen LogP contribution is -2.26. The minimum atomic E-state index is -0.0365. The Morgan fingerprint density at radius 1 is 1.00 bits per heavy atom. The zero-order valence-electron chi connectivity index (χ0n) is 13.0. The Hall–Kier alpha value is -2.12. The van der Waals surface area contributed by atoms with Crippen molar-refractivity contribution in [2.24, 2.45) is 0 Å². The maximum atomic E-state index is 5.58. The second-order valence-corrected chi connectivity index (χ2v) is 6.64. The van der Waals surface area contributed by atoms with E-state index in [-0.39, 0.29) is 6.04 Å². The fourth-order valence-electron chi connectivity index (χ4n) is 3.01. The number of likely N-dealkylation sites (tertiary alicyclic amines) is 1. The molecule has 0 aliphatic carbocycles. The van der Waals surface area contributed by atoms with Crippen molar-refractivity contribution < 1.29 is 4.52 Å². The van der Waals surface area contributed by atoms with Crippen molar-refractivity contribution in [1.29, 1.82) is 0 Å². The molecule has 6 nitrogen and oxygen atoms in total. The molecular weight excluding hydrogens is 370 g/mol. The Morgan fingerprint density at radius 2 is 1.71 bits per heavy atom. The van der Waals surface area contributed by atoms with Crippen LogP contribution in [0, 0.1) is 0 Å². The highest BCUT2D eigenvalue weighted by Gasteiger charge is 2.30. The number of nitrogens with zero attached hydrogens (tertiary/aromatic N) is 5. The summed E-state index contributed by atoms with van der Waals surface area (Å²) in [7, 11) is 0. The molecule has 122 valence electrons. The van der Waals surface area contributed by atoms with Gasteiger partial charge in [0, 0.05) is 16.9 Å². The van der Waals surface area contributed by atoms with Crippen LogP contribution in [0.1, 0.15) is 30.3 Å². The molecule has 0 amide bonds. The van der Waals surface area contributed by atoms with Gasteiger partial charge in [-0.05, 0) is 49.7 Å². The van der Waals surface area contributed by atoms with E-state index in [4.69, 9.17) is 4.52 Å². The quantitative estimate of drug-likeness (QED) is 0.684. The van der Waals surface area contributed by atoms with Crippen molar-refractivity contribution in [2.75, 3.05) is 13.1 Å². The number of rotatable bonds is 4. The van der Waals surface area contributed by atoms with Gasteiger partial charge in [-0.25, -0.2) is 9.97 Å². The average Bonchev–Trinajstić information content (AvgIpc) is 3.30. The van der Waals surface area contributed by atoms with Gasteiger partial charge in [0.25, 0.3) is 0 Å². The average molecular weight is 386 g/mol. The summed E-state index contributed by atoms with van der Waals surface area (Å²) in [6, 6.07) is 9.99. The first-order valence-electron chi connectivity index (χ1n) is 7.92. The first-order valence-corrected chi connectivity index (χ1v) is 8.71. The molecule has 0 saturated carbocycles. The van der Waals surface area contributed by atoms with Gasteiger partial charge in [-0.2, -0.15) is 4.98 Å². The zero-order chi connectivity index (χ0) is 16.4. The van der Waals surface area contributed by atoms with E-state index in [1.807, 2.05) is 12.1 Å². The van der Waals surface area contributed by atoms with Crippen LogP contribution in [0.15, 0.2) is 51.7 Å². The normalized spacial score (nSPS) is 16.4. The van der Waals surface area contributed by atoms with Gasteiger partial charge in [0.15, 0.2) is 0 Å². The Kier molecular flexibility index (Phi) is 4.36. The number of benzene rings is 1. The lowest BCUT2D eigenvalue weighted by atomic mass is 10.1. The predicted molar refractivity (Wildman–Crippen MR) is 92.1 cm³/mol. The molecule has 1 saturated heterocycles. The standard InChI is InChI=1S/C17H16BrN5O/c18-13-6-4-12(5-7-13)14(23-10-1-2-11-23)17-21-16(22-24-17)15-19-8-3-9-20-15/h3-9,14H,1-2,10-11H2. The molecular formula is C17H16BrN5O. The van der Waals surface area contributed by atoms with Crippen molar-refractivity contribution in [3.63, 3.8) is 0 Å². The van der Waals surface area contributed by atoms with Gasteiger partial charge in [-0.1, -0.05) is 33.2 Å².